The number of carboxylic acids is 1. The summed E-state index contributed by atoms with van der Waals surface area (Å²) in [6.07, 6.45) is 0.417. The smallest absolute Gasteiger partial charge is 0.408 e. The Morgan fingerprint density at radius 2 is 1.64 bits per heavy atom. The maximum Gasteiger partial charge on any atom is 0.408 e. The van der Waals surface area contributed by atoms with Gasteiger partial charge in [0.2, 0.25) is 5.91 Å². The van der Waals surface area contributed by atoms with Crippen LogP contribution in [0.1, 0.15) is 57.1 Å². The number of benzene rings is 2. The van der Waals surface area contributed by atoms with E-state index in [1.54, 1.807) is 13.8 Å². The summed E-state index contributed by atoms with van der Waals surface area (Å²) < 4.78 is 5.60. The van der Waals surface area contributed by atoms with Gasteiger partial charge in [0.15, 0.2) is 0 Å². The molecule has 7 heteroatoms. The fourth-order valence-electron chi connectivity index (χ4n) is 4.42. The minimum atomic E-state index is -1.15. The molecule has 0 aromatic heterocycles. The molecular weight excluding hydrogens is 420 g/mol. The van der Waals surface area contributed by atoms with Crippen molar-refractivity contribution < 1.29 is 24.2 Å². The molecular formula is C26H32N2O5. The zero-order valence-electron chi connectivity index (χ0n) is 19.4. The zero-order valence-corrected chi connectivity index (χ0v) is 19.4. The fraction of sp³-hybridized carbons (Fsp3) is 0.423. The van der Waals surface area contributed by atoms with Gasteiger partial charge in [0.1, 0.15) is 12.1 Å². The van der Waals surface area contributed by atoms with Gasteiger partial charge >= 0.3 is 12.1 Å². The first kappa shape index (κ1) is 24.3. The van der Waals surface area contributed by atoms with Crippen molar-refractivity contribution in [3.05, 3.63) is 59.7 Å². The van der Waals surface area contributed by atoms with Crippen LogP contribution in [0.25, 0.3) is 11.1 Å². The number of carbonyl (C=O) groups excluding carboxylic acids is 2. The van der Waals surface area contributed by atoms with Crippen LogP contribution in [0.5, 0.6) is 0 Å². The van der Waals surface area contributed by atoms with Crippen LogP contribution in [0.3, 0.4) is 0 Å². The molecule has 33 heavy (non-hydrogen) atoms. The van der Waals surface area contributed by atoms with Crippen LogP contribution in [0.2, 0.25) is 0 Å². The third kappa shape index (κ3) is 5.72. The van der Waals surface area contributed by atoms with E-state index in [1.165, 1.54) is 0 Å². The Morgan fingerprint density at radius 1 is 1.06 bits per heavy atom. The Kier molecular flexibility index (Phi) is 7.74. The van der Waals surface area contributed by atoms with E-state index < -0.39 is 17.6 Å². The number of aliphatic carboxylic acids is 1. The Hall–Kier alpha value is -3.35. The number of carboxylic acid groups (broad SMARTS) is 1. The van der Waals surface area contributed by atoms with Gasteiger partial charge in [0.05, 0.1) is 0 Å². The fourth-order valence-corrected chi connectivity index (χ4v) is 4.42. The van der Waals surface area contributed by atoms with E-state index in [4.69, 9.17) is 9.84 Å². The van der Waals surface area contributed by atoms with Gasteiger partial charge in [-0.05, 0) is 41.5 Å². The molecule has 7 nitrogen and oxygen atoms in total. The molecule has 176 valence electrons. The summed E-state index contributed by atoms with van der Waals surface area (Å²) in [5, 5.41) is 14.4. The number of amides is 2. The number of fused-ring (bicyclic) bond motifs is 3. The molecule has 2 unspecified atom stereocenters. The molecule has 1 aliphatic rings. The Morgan fingerprint density at radius 3 is 2.18 bits per heavy atom. The van der Waals surface area contributed by atoms with E-state index in [0.717, 1.165) is 22.3 Å². The van der Waals surface area contributed by atoms with Crippen LogP contribution >= 0.6 is 0 Å². The molecule has 2 aromatic carbocycles. The lowest BCUT2D eigenvalue weighted by atomic mass is 9.94. The molecule has 0 aliphatic heterocycles. The second-order valence-electron chi connectivity index (χ2n) is 8.95. The first-order valence-electron chi connectivity index (χ1n) is 11.4. The molecule has 0 bridgehead atoms. The van der Waals surface area contributed by atoms with Crippen LogP contribution in [0.15, 0.2) is 48.5 Å². The van der Waals surface area contributed by atoms with Crippen molar-refractivity contribution >= 4 is 18.0 Å². The van der Waals surface area contributed by atoms with Crippen molar-refractivity contribution in [1.29, 1.82) is 0 Å². The molecule has 1 aliphatic carbocycles. The Bertz CT molecular complexity index is 976. The molecule has 3 rings (SSSR count). The number of nitrogens with one attached hydrogen (secondary N) is 2. The average molecular weight is 453 g/mol. The SMILES string of the molecule is CCCC(C)(NC(=O)OCC1c2ccccc2-c2ccccc21)C(=O)NCC(C)CC(=O)O. The quantitative estimate of drug-likeness (QED) is 0.498. The number of hydrogen-bond acceptors (Lipinski definition) is 4. The van der Waals surface area contributed by atoms with Crippen molar-refractivity contribution in [3.8, 4) is 11.1 Å². The van der Waals surface area contributed by atoms with E-state index >= 15 is 0 Å². The molecule has 2 atom stereocenters. The molecule has 0 fully saturated rings. The monoisotopic (exact) mass is 452 g/mol. The van der Waals surface area contributed by atoms with Gasteiger partial charge in [-0.25, -0.2) is 4.79 Å². The van der Waals surface area contributed by atoms with Gasteiger partial charge in [-0.2, -0.15) is 0 Å². The van der Waals surface area contributed by atoms with Crippen LogP contribution in [-0.4, -0.2) is 41.8 Å². The van der Waals surface area contributed by atoms with E-state index in [0.29, 0.717) is 12.8 Å². The first-order chi connectivity index (χ1) is 15.7. The molecule has 0 saturated carbocycles. The largest absolute Gasteiger partial charge is 0.481 e. The van der Waals surface area contributed by atoms with Crippen molar-refractivity contribution in [3.63, 3.8) is 0 Å². The highest BCUT2D eigenvalue weighted by Gasteiger charge is 2.35. The minimum absolute atomic E-state index is 0.0371. The number of rotatable bonds is 10. The van der Waals surface area contributed by atoms with Crippen molar-refractivity contribution in [2.75, 3.05) is 13.2 Å². The molecule has 2 aromatic rings. The highest BCUT2D eigenvalue weighted by molar-refractivity contribution is 5.89. The van der Waals surface area contributed by atoms with E-state index in [2.05, 4.69) is 22.8 Å². The number of ether oxygens (including phenoxy) is 1. The van der Waals surface area contributed by atoms with Gasteiger partial charge in [-0.1, -0.05) is 68.8 Å². The molecule has 0 spiro atoms. The Labute approximate surface area is 194 Å². The minimum Gasteiger partial charge on any atom is -0.481 e. The van der Waals surface area contributed by atoms with Gasteiger partial charge in [-0.15, -0.1) is 0 Å². The lowest BCUT2D eigenvalue weighted by Crippen LogP contribution is -2.57. The second kappa shape index (κ2) is 10.5. The number of carbonyl (C=O) groups is 3. The van der Waals surface area contributed by atoms with Crippen molar-refractivity contribution in [2.24, 2.45) is 5.92 Å². The second-order valence-corrected chi connectivity index (χ2v) is 8.95. The van der Waals surface area contributed by atoms with Gasteiger partial charge in [0.25, 0.3) is 0 Å². The van der Waals surface area contributed by atoms with E-state index in [-0.39, 0.29) is 37.3 Å². The van der Waals surface area contributed by atoms with Crippen LogP contribution in [-0.2, 0) is 14.3 Å². The van der Waals surface area contributed by atoms with Crippen LogP contribution in [0.4, 0.5) is 4.79 Å². The topological polar surface area (TPSA) is 105 Å². The Balaban J connectivity index is 1.63. The summed E-state index contributed by atoms with van der Waals surface area (Å²) in [6, 6.07) is 16.2. The van der Waals surface area contributed by atoms with Crippen molar-refractivity contribution in [2.45, 2.75) is 51.5 Å². The van der Waals surface area contributed by atoms with Crippen molar-refractivity contribution in [1.82, 2.24) is 10.6 Å². The predicted molar refractivity (Wildman–Crippen MR) is 126 cm³/mol. The average Bonchev–Trinajstić information content (AvgIpc) is 3.09. The lowest BCUT2D eigenvalue weighted by molar-refractivity contribution is -0.138. The zero-order chi connectivity index (χ0) is 24.0. The third-order valence-electron chi connectivity index (χ3n) is 6.11. The first-order valence-corrected chi connectivity index (χ1v) is 11.4. The summed E-state index contributed by atoms with van der Waals surface area (Å²) in [7, 11) is 0. The number of hydrogen-bond donors (Lipinski definition) is 3. The third-order valence-corrected chi connectivity index (χ3v) is 6.11. The van der Waals surface area contributed by atoms with Crippen LogP contribution < -0.4 is 10.6 Å². The van der Waals surface area contributed by atoms with Gasteiger partial charge < -0.3 is 20.5 Å². The van der Waals surface area contributed by atoms with E-state index in [1.807, 2.05) is 43.3 Å². The highest BCUT2D eigenvalue weighted by Crippen LogP contribution is 2.44. The van der Waals surface area contributed by atoms with Gasteiger partial charge in [-0.3, -0.25) is 9.59 Å². The predicted octanol–water partition coefficient (Wildman–Crippen LogP) is 4.31. The summed E-state index contributed by atoms with van der Waals surface area (Å²) in [5.41, 5.74) is 3.38. The lowest BCUT2D eigenvalue weighted by Gasteiger charge is -2.29. The van der Waals surface area contributed by atoms with Crippen LogP contribution in [0, 0.1) is 5.92 Å². The summed E-state index contributed by atoms with van der Waals surface area (Å²) in [4.78, 5) is 36.4. The normalized spacial score (nSPS) is 15.0. The molecule has 0 radical (unpaired) electrons. The molecule has 0 heterocycles. The summed E-state index contributed by atoms with van der Waals surface area (Å²) in [5.74, 6) is -1.54. The maximum atomic E-state index is 12.8. The number of alkyl carbamates (subject to hydrolysis) is 1. The van der Waals surface area contributed by atoms with E-state index in [9.17, 15) is 14.4 Å². The molecule has 2 amide bonds. The standard InChI is InChI=1S/C26H32N2O5/c1-4-13-26(3,24(31)27-15-17(2)14-23(29)30)28-25(32)33-16-22-20-11-7-5-9-18(20)19-10-6-8-12-21(19)22/h5-12,17,22H,4,13-16H2,1-3H3,(H,27,31)(H,28,32)(H,29,30). The highest BCUT2D eigenvalue weighted by atomic mass is 16.5. The summed E-state index contributed by atoms with van der Waals surface area (Å²) >= 11 is 0. The summed E-state index contributed by atoms with van der Waals surface area (Å²) in [6.45, 7) is 5.73. The van der Waals surface area contributed by atoms with Gasteiger partial charge in [0, 0.05) is 18.9 Å². The maximum absolute atomic E-state index is 12.8. The molecule has 0 saturated heterocycles. The molecule has 3 N–H and O–H groups in total.